The van der Waals surface area contributed by atoms with E-state index in [0.29, 0.717) is 29.2 Å². The van der Waals surface area contributed by atoms with Gasteiger partial charge in [0.15, 0.2) is 0 Å². The van der Waals surface area contributed by atoms with Crippen LogP contribution in [-0.2, 0) is 10.0 Å². The minimum absolute atomic E-state index is 0.0401. The van der Waals surface area contributed by atoms with Gasteiger partial charge in [-0.1, -0.05) is 41.9 Å². The van der Waals surface area contributed by atoms with Gasteiger partial charge < -0.3 is 10.1 Å². The van der Waals surface area contributed by atoms with E-state index in [4.69, 9.17) is 16.3 Å². The van der Waals surface area contributed by atoms with Crippen LogP contribution >= 0.6 is 11.6 Å². The van der Waals surface area contributed by atoms with Crippen LogP contribution < -0.4 is 14.8 Å². The van der Waals surface area contributed by atoms with Crippen molar-refractivity contribution in [2.24, 2.45) is 0 Å². The number of carbonyl (C=O) groups is 1. The zero-order valence-corrected chi connectivity index (χ0v) is 18.0. The number of anilines is 2. The number of nitrogens with one attached hydrogen (secondary N) is 2. The Morgan fingerprint density at radius 3 is 2.47 bits per heavy atom. The Morgan fingerprint density at radius 2 is 1.73 bits per heavy atom. The fourth-order valence-electron chi connectivity index (χ4n) is 2.85. The molecule has 0 unspecified atom stereocenters. The molecule has 0 fully saturated rings. The molecule has 0 aliphatic carbocycles. The Morgan fingerprint density at radius 1 is 1.03 bits per heavy atom. The van der Waals surface area contributed by atoms with Crippen LogP contribution in [0.15, 0.2) is 71.6 Å². The normalized spacial score (nSPS) is 11.0. The molecule has 0 heterocycles. The van der Waals surface area contributed by atoms with E-state index in [1.165, 1.54) is 6.07 Å². The zero-order chi connectivity index (χ0) is 21.7. The van der Waals surface area contributed by atoms with Crippen molar-refractivity contribution in [2.75, 3.05) is 16.6 Å². The van der Waals surface area contributed by atoms with E-state index in [2.05, 4.69) is 10.0 Å². The number of rotatable bonds is 7. The van der Waals surface area contributed by atoms with E-state index < -0.39 is 15.9 Å². The first-order valence-corrected chi connectivity index (χ1v) is 11.1. The monoisotopic (exact) mass is 444 g/mol. The second-order valence-electron chi connectivity index (χ2n) is 6.45. The molecule has 3 rings (SSSR count). The molecule has 0 aromatic heterocycles. The zero-order valence-electron chi connectivity index (χ0n) is 16.5. The lowest BCUT2D eigenvalue weighted by Gasteiger charge is -2.14. The number of amides is 1. The second-order valence-corrected chi connectivity index (χ2v) is 8.51. The Bertz CT molecular complexity index is 1180. The molecule has 156 valence electrons. The van der Waals surface area contributed by atoms with Gasteiger partial charge in [-0.25, -0.2) is 8.42 Å². The maximum Gasteiger partial charge on any atom is 0.262 e. The number of hydrogen-bond donors (Lipinski definition) is 2. The van der Waals surface area contributed by atoms with Gasteiger partial charge in [-0.15, -0.1) is 0 Å². The van der Waals surface area contributed by atoms with Gasteiger partial charge in [0.25, 0.3) is 15.9 Å². The van der Waals surface area contributed by atoms with Gasteiger partial charge in [0, 0.05) is 5.69 Å². The van der Waals surface area contributed by atoms with Gasteiger partial charge >= 0.3 is 0 Å². The van der Waals surface area contributed by atoms with Crippen molar-refractivity contribution in [3.8, 4) is 5.75 Å². The van der Waals surface area contributed by atoms with Gasteiger partial charge in [0.1, 0.15) is 5.75 Å². The maximum atomic E-state index is 12.9. The van der Waals surface area contributed by atoms with Gasteiger partial charge in [0.05, 0.1) is 27.8 Å². The van der Waals surface area contributed by atoms with E-state index in [-0.39, 0.29) is 15.6 Å². The van der Waals surface area contributed by atoms with E-state index in [1.54, 1.807) is 67.6 Å². The van der Waals surface area contributed by atoms with E-state index >= 15 is 0 Å². The van der Waals surface area contributed by atoms with Crippen LogP contribution in [0.25, 0.3) is 0 Å². The number of halogens is 1. The highest BCUT2D eigenvalue weighted by Gasteiger charge is 2.20. The molecular weight excluding hydrogens is 424 g/mol. The summed E-state index contributed by atoms with van der Waals surface area (Å²) in [7, 11) is -3.92. The summed E-state index contributed by atoms with van der Waals surface area (Å²) in [5.41, 5.74) is 1.51. The molecule has 0 bridgehead atoms. The molecule has 30 heavy (non-hydrogen) atoms. The van der Waals surface area contributed by atoms with Gasteiger partial charge in [-0.05, 0) is 55.8 Å². The van der Waals surface area contributed by atoms with Crippen LogP contribution in [0.2, 0.25) is 5.02 Å². The summed E-state index contributed by atoms with van der Waals surface area (Å²) in [6.07, 6.45) is 0. The molecule has 0 saturated heterocycles. The first kappa shape index (κ1) is 21.7. The average molecular weight is 445 g/mol. The lowest BCUT2D eigenvalue weighted by atomic mass is 10.1. The van der Waals surface area contributed by atoms with Crippen LogP contribution in [0.3, 0.4) is 0 Å². The summed E-state index contributed by atoms with van der Waals surface area (Å²) >= 11 is 6.07. The molecule has 0 spiro atoms. The number of hydrogen-bond acceptors (Lipinski definition) is 4. The smallest absolute Gasteiger partial charge is 0.262 e. The third kappa shape index (κ3) is 4.93. The highest BCUT2D eigenvalue weighted by molar-refractivity contribution is 7.92. The van der Waals surface area contributed by atoms with Crippen molar-refractivity contribution < 1.29 is 17.9 Å². The van der Waals surface area contributed by atoms with E-state index in [0.717, 1.165) is 0 Å². The van der Waals surface area contributed by atoms with E-state index in [1.807, 2.05) is 6.92 Å². The first-order chi connectivity index (χ1) is 14.3. The largest absolute Gasteiger partial charge is 0.493 e. The molecule has 0 atom stereocenters. The molecule has 3 aromatic rings. The average Bonchev–Trinajstić information content (AvgIpc) is 2.71. The molecular formula is C22H21ClN2O4S. The van der Waals surface area contributed by atoms with Crippen molar-refractivity contribution in [1.29, 1.82) is 0 Å². The number of aryl methyl sites for hydroxylation is 1. The Kier molecular flexibility index (Phi) is 6.64. The summed E-state index contributed by atoms with van der Waals surface area (Å²) in [5, 5.41) is 3.02. The van der Waals surface area contributed by atoms with Crippen molar-refractivity contribution in [3.63, 3.8) is 0 Å². The highest BCUT2D eigenvalue weighted by Crippen LogP contribution is 2.27. The molecule has 8 heteroatoms. The lowest BCUT2D eigenvalue weighted by molar-refractivity contribution is 0.102. The summed E-state index contributed by atoms with van der Waals surface area (Å²) in [4.78, 5) is 12.8. The number of para-hydroxylation sites is 2. The number of sulfonamides is 1. The lowest BCUT2D eigenvalue weighted by Crippen LogP contribution is -2.17. The fourth-order valence-corrected chi connectivity index (χ4v) is 4.44. The molecule has 2 N–H and O–H groups in total. The summed E-state index contributed by atoms with van der Waals surface area (Å²) in [5.74, 6) is 0.0585. The maximum absolute atomic E-state index is 12.9. The third-order valence-electron chi connectivity index (χ3n) is 4.29. The number of benzene rings is 3. The van der Waals surface area contributed by atoms with Crippen LogP contribution in [0.5, 0.6) is 5.75 Å². The minimum Gasteiger partial charge on any atom is -0.493 e. The van der Waals surface area contributed by atoms with Crippen LogP contribution in [0.4, 0.5) is 11.4 Å². The number of carbonyl (C=O) groups excluding carboxylic acids is 1. The van der Waals surface area contributed by atoms with Crippen molar-refractivity contribution in [1.82, 2.24) is 0 Å². The first-order valence-electron chi connectivity index (χ1n) is 9.23. The molecule has 1 amide bonds. The van der Waals surface area contributed by atoms with E-state index in [9.17, 15) is 13.2 Å². The second kappa shape index (κ2) is 9.19. The molecule has 0 saturated carbocycles. The van der Waals surface area contributed by atoms with Crippen molar-refractivity contribution >= 4 is 38.9 Å². The van der Waals surface area contributed by atoms with Gasteiger partial charge in [0.2, 0.25) is 0 Å². The van der Waals surface area contributed by atoms with Crippen LogP contribution in [-0.4, -0.2) is 20.9 Å². The van der Waals surface area contributed by atoms with Crippen molar-refractivity contribution in [3.05, 3.63) is 82.9 Å². The third-order valence-corrected chi connectivity index (χ3v) is 6.12. The Balaban J connectivity index is 1.88. The Labute approximate surface area is 180 Å². The highest BCUT2D eigenvalue weighted by atomic mass is 35.5. The molecule has 0 aliphatic heterocycles. The standard InChI is InChI=1S/C22H21ClN2O4S/c1-3-29-20-11-7-4-8-17(20)22(26)24-16-13-12-15(2)21(14-16)30(27,28)25-19-10-6-5-9-18(19)23/h4-14,25H,3H2,1-2H3,(H,24,26). The van der Waals surface area contributed by atoms with Crippen LogP contribution in [0.1, 0.15) is 22.8 Å². The fraction of sp³-hybridized carbons (Fsp3) is 0.136. The Hall–Kier alpha value is -3.03. The predicted molar refractivity (Wildman–Crippen MR) is 119 cm³/mol. The van der Waals surface area contributed by atoms with Gasteiger partial charge in [-0.3, -0.25) is 9.52 Å². The SMILES string of the molecule is CCOc1ccccc1C(=O)Nc1ccc(C)c(S(=O)(=O)Nc2ccccc2Cl)c1. The number of ether oxygens (including phenoxy) is 1. The molecule has 6 nitrogen and oxygen atoms in total. The van der Waals surface area contributed by atoms with Crippen LogP contribution in [0, 0.1) is 6.92 Å². The van der Waals surface area contributed by atoms with Gasteiger partial charge in [-0.2, -0.15) is 0 Å². The molecule has 0 aliphatic rings. The topological polar surface area (TPSA) is 84.5 Å². The summed E-state index contributed by atoms with van der Waals surface area (Å²) in [6.45, 7) is 3.93. The predicted octanol–water partition coefficient (Wildman–Crippen LogP) is 5.10. The minimum atomic E-state index is -3.92. The summed E-state index contributed by atoms with van der Waals surface area (Å²) in [6, 6.07) is 18.1. The quantitative estimate of drug-likeness (QED) is 0.531. The molecule has 3 aromatic carbocycles. The summed E-state index contributed by atoms with van der Waals surface area (Å²) < 4.78 is 33.8. The molecule has 0 radical (unpaired) electrons. The van der Waals surface area contributed by atoms with Crippen molar-refractivity contribution in [2.45, 2.75) is 18.7 Å².